The second kappa shape index (κ2) is 7.13. The van der Waals surface area contributed by atoms with Gasteiger partial charge in [0.1, 0.15) is 5.70 Å². The van der Waals surface area contributed by atoms with Crippen LogP contribution in [0.5, 0.6) is 0 Å². The maximum absolute atomic E-state index is 11.6. The van der Waals surface area contributed by atoms with E-state index in [2.05, 4.69) is 37.4 Å². The number of hydrogen-bond acceptors (Lipinski definition) is 5. The van der Waals surface area contributed by atoms with Crippen LogP contribution in [-0.4, -0.2) is 26.2 Å². The van der Waals surface area contributed by atoms with Gasteiger partial charge in [-0.15, -0.1) is 0 Å². The van der Waals surface area contributed by atoms with Crippen molar-refractivity contribution in [1.29, 1.82) is 0 Å². The molecule has 0 amide bonds. The summed E-state index contributed by atoms with van der Waals surface area (Å²) in [5.74, 6) is -1.27. The average molecular weight is 375 g/mol. The fourth-order valence-corrected chi connectivity index (χ4v) is 1.65. The molecule has 1 aromatic rings. The van der Waals surface area contributed by atoms with Crippen LogP contribution in [0.3, 0.4) is 0 Å². The summed E-state index contributed by atoms with van der Waals surface area (Å²) in [6, 6.07) is 5.59. The van der Waals surface area contributed by atoms with E-state index in [1.165, 1.54) is 14.2 Å². The second-order valence-electron chi connectivity index (χ2n) is 3.66. The van der Waals surface area contributed by atoms with E-state index in [0.29, 0.717) is 5.69 Å². The molecule has 0 unspecified atom stereocenters. The van der Waals surface area contributed by atoms with E-state index in [1.54, 1.807) is 0 Å². The molecule has 0 aliphatic heterocycles. The molecular formula is C13H14INO4. The lowest BCUT2D eigenvalue weighted by molar-refractivity contribution is -0.138. The number of methoxy groups -OCH3 is 2. The summed E-state index contributed by atoms with van der Waals surface area (Å²) in [7, 11) is 2.48. The normalized spacial score (nSPS) is 10.8. The molecule has 0 aliphatic rings. The molecule has 5 nitrogen and oxygen atoms in total. The molecule has 19 heavy (non-hydrogen) atoms. The number of rotatable bonds is 4. The minimum atomic E-state index is -0.637. The van der Waals surface area contributed by atoms with Crippen LogP contribution in [0.1, 0.15) is 5.56 Å². The van der Waals surface area contributed by atoms with Gasteiger partial charge in [-0.2, -0.15) is 0 Å². The number of ether oxygens (including phenoxy) is 2. The first kappa shape index (κ1) is 15.5. The molecule has 1 rings (SSSR count). The minimum absolute atomic E-state index is 0.0231. The summed E-state index contributed by atoms with van der Waals surface area (Å²) in [4.78, 5) is 22.8. The van der Waals surface area contributed by atoms with Gasteiger partial charge in [0, 0.05) is 9.26 Å². The van der Waals surface area contributed by atoms with Crippen molar-refractivity contribution in [3.63, 3.8) is 0 Å². The predicted molar refractivity (Wildman–Crippen MR) is 79.6 cm³/mol. The summed E-state index contributed by atoms with van der Waals surface area (Å²) >= 11 is 2.21. The molecule has 0 aliphatic carbocycles. The molecule has 0 bridgehead atoms. The zero-order chi connectivity index (χ0) is 14.4. The van der Waals surface area contributed by atoms with Gasteiger partial charge >= 0.3 is 11.9 Å². The van der Waals surface area contributed by atoms with Gasteiger partial charge in [-0.1, -0.05) is 0 Å². The van der Waals surface area contributed by atoms with Gasteiger partial charge in [0.25, 0.3) is 0 Å². The topological polar surface area (TPSA) is 64.6 Å². The predicted octanol–water partition coefficient (Wildman–Crippen LogP) is 2.24. The maximum atomic E-state index is 11.6. The first-order valence-corrected chi connectivity index (χ1v) is 6.47. The highest BCUT2D eigenvalue weighted by Crippen LogP contribution is 2.18. The fraction of sp³-hybridized carbons (Fsp3) is 0.231. The first-order valence-electron chi connectivity index (χ1n) is 5.39. The third kappa shape index (κ3) is 4.55. The Morgan fingerprint density at radius 3 is 2.47 bits per heavy atom. The van der Waals surface area contributed by atoms with Crippen LogP contribution in [-0.2, 0) is 19.1 Å². The Bertz CT molecular complexity index is 525. The number of carbonyl (C=O) groups is 2. The van der Waals surface area contributed by atoms with Crippen LogP contribution in [0.2, 0.25) is 0 Å². The highest BCUT2D eigenvalue weighted by atomic mass is 127. The van der Waals surface area contributed by atoms with Crippen LogP contribution < -0.4 is 5.32 Å². The first-order chi connectivity index (χ1) is 8.97. The van der Waals surface area contributed by atoms with Crippen LogP contribution >= 0.6 is 22.6 Å². The number of benzene rings is 1. The molecule has 1 N–H and O–H groups in total. The molecule has 6 heteroatoms. The standard InChI is InChI=1S/C13H14INO4/c1-8-6-9(4-5-10(8)14)15-11(13(17)19-3)7-12(16)18-2/h4-7,15H,1-3H3/b11-7+. The molecule has 0 saturated carbocycles. The van der Waals surface area contributed by atoms with Gasteiger partial charge in [0.05, 0.1) is 20.3 Å². The van der Waals surface area contributed by atoms with Crippen molar-refractivity contribution < 1.29 is 19.1 Å². The molecule has 1 aromatic carbocycles. The van der Waals surface area contributed by atoms with Crippen LogP contribution in [0.25, 0.3) is 0 Å². The molecule has 0 fully saturated rings. The van der Waals surface area contributed by atoms with Crippen molar-refractivity contribution in [2.45, 2.75) is 6.92 Å². The molecule has 0 spiro atoms. The lowest BCUT2D eigenvalue weighted by Crippen LogP contribution is -2.15. The number of hydrogen-bond donors (Lipinski definition) is 1. The lowest BCUT2D eigenvalue weighted by atomic mass is 10.2. The average Bonchev–Trinajstić information content (AvgIpc) is 2.41. The number of esters is 2. The summed E-state index contributed by atoms with van der Waals surface area (Å²) in [6.07, 6.45) is 1.05. The zero-order valence-corrected chi connectivity index (χ0v) is 13.0. The van der Waals surface area contributed by atoms with Gasteiger partial charge in [-0.05, 0) is 53.3 Å². The SMILES string of the molecule is COC(=O)/C=C(/Nc1ccc(I)c(C)c1)C(=O)OC. The van der Waals surface area contributed by atoms with Crippen molar-refractivity contribution in [2.24, 2.45) is 0 Å². The minimum Gasteiger partial charge on any atom is -0.466 e. The summed E-state index contributed by atoms with van der Waals surface area (Å²) in [5.41, 5.74) is 1.78. The van der Waals surface area contributed by atoms with Gasteiger partial charge < -0.3 is 14.8 Å². The van der Waals surface area contributed by atoms with Crippen LogP contribution in [0.15, 0.2) is 30.0 Å². The van der Waals surface area contributed by atoms with E-state index in [9.17, 15) is 9.59 Å². The van der Waals surface area contributed by atoms with E-state index < -0.39 is 11.9 Å². The Hall–Kier alpha value is -1.57. The number of halogens is 1. The van der Waals surface area contributed by atoms with Crippen molar-refractivity contribution in [3.8, 4) is 0 Å². The van der Waals surface area contributed by atoms with Crippen molar-refractivity contribution in [1.82, 2.24) is 0 Å². The van der Waals surface area contributed by atoms with Gasteiger partial charge in [-0.3, -0.25) is 0 Å². The molecular weight excluding hydrogens is 361 g/mol. The fourth-order valence-electron chi connectivity index (χ4n) is 1.31. The second-order valence-corrected chi connectivity index (χ2v) is 4.82. The lowest BCUT2D eigenvalue weighted by Gasteiger charge is -2.10. The molecule has 102 valence electrons. The molecule has 0 heterocycles. The van der Waals surface area contributed by atoms with Gasteiger partial charge in [-0.25, -0.2) is 9.59 Å². The Kier molecular flexibility index (Phi) is 5.81. The van der Waals surface area contributed by atoms with E-state index in [1.807, 2.05) is 25.1 Å². The Balaban J connectivity index is 3.00. The third-order valence-electron chi connectivity index (χ3n) is 2.31. The number of nitrogens with one attached hydrogen (secondary N) is 1. The summed E-state index contributed by atoms with van der Waals surface area (Å²) in [6.45, 7) is 1.95. The Labute approximate surface area is 125 Å². The summed E-state index contributed by atoms with van der Waals surface area (Å²) < 4.78 is 10.2. The van der Waals surface area contributed by atoms with E-state index >= 15 is 0 Å². The zero-order valence-electron chi connectivity index (χ0n) is 10.8. The highest BCUT2D eigenvalue weighted by Gasteiger charge is 2.12. The smallest absolute Gasteiger partial charge is 0.354 e. The van der Waals surface area contributed by atoms with Gasteiger partial charge in [0.15, 0.2) is 0 Å². The number of anilines is 1. The Morgan fingerprint density at radius 2 is 1.95 bits per heavy atom. The summed E-state index contributed by atoms with van der Waals surface area (Å²) in [5, 5.41) is 2.85. The van der Waals surface area contributed by atoms with Crippen LogP contribution in [0, 0.1) is 10.5 Å². The molecule has 0 saturated heterocycles. The highest BCUT2D eigenvalue weighted by molar-refractivity contribution is 14.1. The maximum Gasteiger partial charge on any atom is 0.354 e. The monoisotopic (exact) mass is 375 g/mol. The van der Waals surface area contributed by atoms with E-state index in [-0.39, 0.29) is 5.70 Å². The number of aryl methyl sites for hydroxylation is 1. The van der Waals surface area contributed by atoms with Crippen molar-refractivity contribution >= 4 is 40.2 Å². The van der Waals surface area contributed by atoms with Crippen molar-refractivity contribution in [2.75, 3.05) is 19.5 Å². The number of carbonyl (C=O) groups excluding carboxylic acids is 2. The van der Waals surface area contributed by atoms with Crippen LogP contribution in [0.4, 0.5) is 5.69 Å². The molecule has 0 atom stereocenters. The van der Waals surface area contributed by atoms with Crippen molar-refractivity contribution in [3.05, 3.63) is 39.1 Å². The van der Waals surface area contributed by atoms with E-state index in [4.69, 9.17) is 0 Å². The molecule has 0 radical (unpaired) electrons. The third-order valence-corrected chi connectivity index (χ3v) is 3.52. The Morgan fingerprint density at radius 1 is 1.26 bits per heavy atom. The molecule has 0 aromatic heterocycles. The largest absolute Gasteiger partial charge is 0.466 e. The quantitative estimate of drug-likeness (QED) is 0.497. The van der Waals surface area contributed by atoms with E-state index in [0.717, 1.165) is 15.2 Å². The van der Waals surface area contributed by atoms with Gasteiger partial charge in [0.2, 0.25) is 0 Å².